The predicted molar refractivity (Wildman–Crippen MR) is 106 cm³/mol. The Kier molecular flexibility index (Phi) is 7.33. The maximum absolute atomic E-state index is 12.9. The monoisotopic (exact) mass is 412 g/mol. The highest BCUT2D eigenvalue weighted by atomic mass is 35.5. The van der Waals surface area contributed by atoms with E-state index in [2.05, 4.69) is 5.32 Å². The van der Waals surface area contributed by atoms with E-state index in [0.717, 1.165) is 5.56 Å². The number of halogens is 3. The fourth-order valence-electron chi connectivity index (χ4n) is 2.51. The lowest BCUT2D eigenvalue weighted by atomic mass is 10.1. The highest BCUT2D eigenvalue weighted by Crippen LogP contribution is 2.23. The number of nitrogens with zero attached hydrogens (tertiary/aromatic N) is 1. The van der Waals surface area contributed by atoms with Crippen molar-refractivity contribution in [2.24, 2.45) is 0 Å². The Hall–Kier alpha value is -1.75. The van der Waals surface area contributed by atoms with Crippen molar-refractivity contribution in [1.29, 1.82) is 0 Å². The first-order chi connectivity index (χ1) is 12.3. The van der Waals surface area contributed by atoms with Crippen LogP contribution in [0.1, 0.15) is 18.1 Å². The molecule has 0 saturated heterocycles. The van der Waals surface area contributed by atoms with Crippen molar-refractivity contribution in [1.82, 2.24) is 10.2 Å². The van der Waals surface area contributed by atoms with E-state index in [1.54, 1.807) is 44.3 Å². The first-order valence-electron chi connectivity index (χ1n) is 8.01. The van der Waals surface area contributed by atoms with Crippen molar-refractivity contribution in [2.75, 3.05) is 7.05 Å². The second-order valence-corrected chi connectivity index (χ2v) is 7.13. The van der Waals surface area contributed by atoms with Crippen molar-refractivity contribution < 1.29 is 9.59 Å². The average molecular weight is 414 g/mol. The van der Waals surface area contributed by atoms with Crippen LogP contribution in [0.3, 0.4) is 0 Å². The van der Waals surface area contributed by atoms with E-state index in [1.165, 1.54) is 4.90 Å². The standard InChI is InChI=1S/C19H19Cl3N2O2/c1-12(19(26)23-2)24(11-13-3-6-15(20)7-4-13)18(25)9-14-5-8-16(21)10-17(14)22/h3-8,10,12H,9,11H2,1-2H3,(H,23,26)/t12-/m0/s1. The number of hydrogen-bond donors (Lipinski definition) is 1. The number of benzene rings is 2. The van der Waals surface area contributed by atoms with Crippen LogP contribution in [0, 0.1) is 0 Å². The van der Waals surface area contributed by atoms with Crippen LogP contribution in [0.15, 0.2) is 42.5 Å². The Morgan fingerprint density at radius 2 is 1.65 bits per heavy atom. The van der Waals surface area contributed by atoms with Gasteiger partial charge in [-0.15, -0.1) is 0 Å². The number of likely N-dealkylation sites (N-methyl/N-ethyl adjacent to an activating group) is 1. The minimum atomic E-state index is -0.630. The van der Waals surface area contributed by atoms with Crippen molar-refractivity contribution in [2.45, 2.75) is 25.9 Å². The van der Waals surface area contributed by atoms with Gasteiger partial charge in [-0.05, 0) is 42.3 Å². The quantitative estimate of drug-likeness (QED) is 0.765. The van der Waals surface area contributed by atoms with Crippen LogP contribution in [0.5, 0.6) is 0 Å². The van der Waals surface area contributed by atoms with Gasteiger partial charge in [0.15, 0.2) is 0 Å². The van der Waals surface area contributed by atoms with Crippen LogP contribution in [-0.4, -0.2) is 29.8 Å². The average Bonchev–Trinajstić information content (AvgIpc) is 2.62. The summed E-state index contributed by atoms with van der Waals surface area (Å²) in [5, 5.41) is 4.11. The SMILES string of the molecule is CNC(=O)[C@H](C)N(Cc1ccc(Cl)cc1)C(=O)Cc1ccc(Cl)cc1Cl. The second-order valence-electron chi connectivity index (χ2n) is 5.85. The number of carbonyl (C=O) groups excluding carboxylic acids is 2. The number of amides is 2. The molecule has 4 nitrogen and oxygen atoms in total. The van der Waals surface area contributed by atoms with Gasteiger partial charge in [0, 0.05) is 28.7 Å². The lowest BCUT2D eigenvalue weighted by Crippen LogP contribution is -2.47. The fraction of sp³-hybridized carbons (Fsp3) is 0.263. The van der Waals surface area contributed by atoms with Crippen LogP contribution in [-0.2, 0) is 22.6 Å². The topological polar surface area (TPSA) is 49.4 Å². The summed E-state index contributed by atoms with van der Waals surface area (Å²) in [5.41, 5.74) is 1.53. The van der Waals surface area contributed by atoms with E-state index < -0.39 is 6.04 Å². The smallest absolute Gasteiger partial charge is 0.242 e. The molecular formula is C19H19Cl3N2O2. The zero-order valence-electron chi connectivity index (χ0n) is 14.4. The Morgan fingerprint density at radius 3 is 2.23 bits per heavy atom. The Labute approximate surface area is 168 Å². The molecule has 0 heterocycles. The molecule has 138 valence electrons. The lowest BCUT2D eigenvalue weighted by Gasteiger charge is -2.28. The summed E-state index contributed by atoms with van der Waals surface area (Å²) >= 11 is 18.0. The summed E-state index contributed by atoms with van der Waals surface area (Å²) in [6.45, 7) is 1.98. The van der Waals surface area contributed by atoms with Gasteiger partial charge < -0.3 is 10.2 Å². The van der Waals surface area contributed by atoms with Crippen molar-refractivity contribution in [3.63, 3.8) is 0 Å². The van der Waals surface area contributed by atoms with E-state index in [-0.39, 0.29) is 24.8 Å². The van der Waals surface area contributed by atoms with Gasteiger partial charge in [-0.2, -0.15) is 0 Å². The van der Waals surface area contributed by atoms with Crippen LogP contribution in [0.25, 0.3) is 0 Å². The molecule has 1 atom stereocenters. The minimum absolute atomic E-state index is 0.0743. The third-order valence-electron chi connectivity index (χ3n) is 4.04. The molecule has 0 aliphatic heterocycles. The molecule has 0 radical (unpaired) electrons. The highest BCUT2D eigenvalue weighted by molar-refractivity contribution is 6.35. The fourth-order valence-corrected chi connectivity index (χ4v) is 3.11. The van der Waals surface area contributed by atoms with Gasteiger partial charge in [-0.3, -0.25) is 9.59 Å². The largest absolute Gasteiger partial charge is 0.357 e. The van der Waals surface area contributed by atoms with Gasteiger partial charge >= 0.3 is 0 Å². The minimum Gasteiger partial charge on any atom is -0.357 e. The van der Waals surface area contributed by atoms with Crippen LogP contribution < -0.4 is 5.32 Å². The molecule has 0 unspecified atom stereocenters. The molecule has 2 amide bonds. The summed E-state index contributed by atoms with van der Waals surface area (Å²) < 4.78 is 0. The molecule has 0 aliphatic carbocycles. The number of nitrogens with one attached hydrogen (secondary N) is 1. The highest BCUT2D eigenvalue weighted by Gasteiger charge is 2.26. The summed E-state index contributed by atoms with van der Waals surface area (Å²) in [6, 6.07) is 11.5. The van der Waals surface area contributed by atoms with Crippen LogP contribution in [0.2, 0.25) is 15.1 Å². The zero-order valence-corrected chi connectivity index (χ0v) is 16.7. The molecule has 26 heavy (non-hydrogen) atoms. The maximum Gasteiger partial charge on any atom is 0.242 e. The van der Waals surface area contributed by atoms with Gasteiger partial charge in [-0.1, -0.05) is 53.0 Å². The molecule has 0 fully saturated rings. The summed E-state index contributed by atoms with van der Waals surface area (Å²) in [4.78, 5) is 26.5. The first kappa shape index (κ1) is 20.6. The van der Waals surface area contributed by atoms with Gasteiger partial charge in [-0.25, -0.2) is 0 Å². The second kappa shape index (κ2) is 9.26. The zero-order chi connectivity index (χ0) is 19.3. The molecule has 1 N–H and O–H groups in total. The van der Waals surface area contributed by atoms with E-state index >= 15 is 0 Å². The number of hydrogen-bond acceptors (Lipinski definition) is 2. The molecule has 2 aromatic rings. The van der Waals surface area contributed by atoms with Crippen molar-refractivity contribution in [3.8, 4) is 0 Å². The van der Waals surface area contributed by atoms with Gasteiger partial charge in [0.25, 0.3) is 0 Å². The molecular weight excluding hydrogens is 395 g/mol. The first-order valence-corrected chi connectivity index (χ1v) is 9.14. The van der Waals surface area contributed by atoms with E-state index in [4.69, 9.17) is 34.8 Å². The van der Waals surface area contributed by atoms with E-state index in [9.17, 15) is 9.59 Å². The Balaban J connectivity index is 2.25. The third kappa shape index (κ3) is 5.37. The molecule has 0 aliphatic rings. The van der Waals surface area contributed by atoms with E-state index in [0.29, 0.717) is 20.6 Å². The molecule has 2 aromatic carbocycles. The Morgan fingerprint density at radius 1 is 1.04 bits per heavy atom. The molecule has 7 heteroatoms. The molecule has 0 spiro atoms. The molecule has 2 rings (SSSR count). The maximum atomic E-state index is 12.9. The third-order valence-corrected chi connectivity index (χ3v) is 4.88. The number of rotatable bonds is 6. The Bertz CT molecular complexity index is 794. The predicted octanol–water partition coefficient (Wildman–Crippen LogP) is 4.35. The van der Waals surface area contributed by atoms with Gasteiger partial charge in [0.2, 0.25) is 11.8 Å². The molecule has 0 saturated carbocycles. The van der Waals surface area contributed by atoms with Crippen LogP contribution >= 0.6 is 34.8 Å². The van der Waals surface area contributed by atoms with Crippen molar-refractivity contribution in [3.05, 3.63) is 68.7 Å². The normalized spacial score (nSPS) is 11.7. The van der Waals surface area contributed by atoms with E-state index in [1.807, 2.05) is 12.1 Å². The number of carbonyl (C=O) groups is 2. The molecule has 0 bridgehead atoms. The van der Waals surface area contributed by atoms with Gasteiger partial charge in [0.1, 0.15) is 6.04 Å². The summed E-state index contributed by atoms with van der Waals surface area (Å²) in [7, 11) is 1.54. The lowest BCUT2D eigenvalue weighted by molar-refractivity contribution is -0.139. The summed E-state index contributed by atoms with van der Waals surface area (Å²) in [5.74, 6) is -0.449. The summed E-state index contributed by atoms with van der Waals surface area (Å²) in [6.07, 6.45) is 0.0743. The van der Waals surface area contributed by atoms with Crippen molar-refractivity contribution >= 4 is 46.6 Å². The van der Waals surface area contributed by atoms with Gasteiger partial charge in [0.05, 0.1) is 6.42 Å². The van der Waals surface area contributed by atoms with Crippen LogP contribution in [0.4, 0.5) is 0 Å². The molecule has 0 aromatic heterocycles.